The molecule has 0 bridgehead atoms. The molecule has 0 spiro atoms. The van der Waals surface area contributed by atoms with E-state index in [4.69, 9.17) is 9.47 Å². The van der Waals surface area contributed by atoms with Gasteiger partial charge in [-0.15, -0.1) is 0 Å². The summed E-state index contributed by atoms with van der Waals surface area (Å²) >= 11 is 0. The summed E-state index contributed by atoms with van der Waals surface area (Å²) in [7, 11) is 1.72. The third-order valence-corrected chi connectivity index (χ3v) is 3.28. The van der Waals surface area contributed by atoms with Gasteiger partial charge in [0.1, 0.15) is 0 Å². The number of amides is 1. The average molecular weight is 273 g/mol. The minimum absolute atomic E-state index is 0.124. The summed E-state index contributed by atoms with van der Waals surface area (Å²) < 4.78 is 11.2. The fraction of sp³-hybridized carbons (Fsp3) is 0.933. The van der Waals surface area contributed by atoms with E-state index in [1.807, 2.05) is 20.8 Å². The van der Waals surface area contributed by atoms with Gasteiger partial charge in [0.25, 0.3) is 0 Å². The molecular formula is C15H31NO3. The zero-order chi connectivity index (χ0) is 14.9. The van der Waals surface area contributed by atoms with Crippen LogP contribution >= 0.6 is 0 Å². The molecule has 0 unspecified atom stereocenters. The number of ether oxygens (including phenoxy) is 2. The number of hydrogen-bond donors (Lipinski definition) is 1. The molecule has 4 heteroatoms. The van der Waals surface area contributed by atoms with E-state index in [0.29, 0.717) is 19.6 Å². The monoisotopic (exact) mass is 273 g/mol. The summed E-state index contributed by atoms with van der Waals surface area (Å²) in [6.07, 6.45) is 3.16. The first-order chi connectivity index (χ1) is 8.72. The van der Waals surface area contributed by atoms with Crippen LogP contribution in [0.5, 0.6) is 0 Å². The van der Waals surface area contributed by atoms with Crippen LogP contribution in [-0.4, -0.2) is 37.4 Å². The molecule has 0 aliphatic heterocycles. The number of nitrogens with one attached hydrogen (secondary N) is 1. The van der Waals surface area contributed by atoms with E-state index >= 15 is 0 Å². The molecule has 0 aliphatic rings. The van der Waals surface area contributed by atoms with E-state index in [-0.39, 0.29) is 17.1 Å². The van der Waals surface area contributed by atoms with E-state index < -0.39 is 0 Å². The second-order valence-electron chi connectivity index (χ2n) is 6.17. The number of hydrogen-bond acceptors (Lipinski definition) is 3. The molecule has 0 atom stereocenters. The standard InChI is InChI=1S/C15H31NO3/c1-7-8-13(17)16-11-9-15(4,5)19-12-10-14(2,3)18-6/h7-12H2,1-6H3,(H,16,17). The maximum Gasteiger partial charge on any atom is 0.219 e. The molecule has 19 heavy (non-hydrogen) atoms. The van der Waals surface area contributed by atoms with E-state index in [1.165, 1.54) is 0 Å². The lowest BCUT2D eigenvalue weighted by molar-refractivity contribution is -0.121. The number of carbonyl (C=O) groups is 1. The maximum absolute atomic E-state index is 11.3. The lowest BCUT2D eigenvalue weighted by atomic mass is 10.0. The van der Waals surface area contributed by atoms with Crippen molar-refractivity contribution in [2.75, 3.05) is 20.3 Å². The summed E-state index contributed by atoms with van der Waals surface area (Å²) in [6, 6.07) is 0. The molecule has 0 radical (unpaired) electrons. The molecule has 1 amide bonds. The van der Waals surface area contributed by atoms with Gasteiger partial charge in [-0.3, -0.25) is 4.79 Å². The number of carbonyl (C=O) groups excluding carboxylic acids is 1. The van der Waals surface area contributed by atoms with Crippen LogP contribution < -0.4 is 5.32 Å². The fourth-order valence-corrected chi connectivity index (χ4v) is 1.57. The van der Waals surface area contributed by atoms with Crippen molar-refractivity contribution in [3.8, 4) is 0 Å². The topological polar surface area (TPSA) is 47.6 Å². The summed E-state index contributed by atoms with van der Waals surface area (Å²) in [5, 5.41) is 2.91. The zero-order valence-electron chi connectivity index (χ0n) is 13.5. The third-order valence-electron chi connectivity index (χ3n) is 3.28. The predicted octanol–water partition coefficient (Wildman–Crippen LogP) is 2.90. The predicted molar refractivity (Wildman–Crippen MR) is 78.3 cm³/mol. The highest BCUT2D eigenvalue weighted by Crippen LogP contribution is 2.18. The maximum atomic E-state index is 11.3. The highest BCUT2D eigenvalue weighted by molar-refractivity contribution is 5.75. The molecular weight excluding hydrogens is 242 g/mol. The van der Waals surface area contributed by atoms with Crippen molar-refractivity contribution in [2.24, 2.45) is 0 Å². The zero-order valence-corrected chi connectivity index (χ0v) is 13.5. The number of rotatable bonds is 10. The van der Waals surface area contributed by atoms with Gasteiger partial charge in [0, 0.05) is 20.1 Å². The van der Waals surface area contributed by atoms with Crippen LogP contribution in [0.1, 0.15) is 60.3 Å². The van der Waals surface area contributed by atoms with Crippen LogP contribution in [0.4, 0.5) is 0 Å². The van der Waals surface area contributed by atoms with Crippen molar-refractivity contribution in [1.29, 1.82) is 0 Å². The molecule has 0 aromatic carbocycles. The van der Waals surface area contributed by atoms with Crippen molar-refractivity contribution >= 4 is 5.91 Å². The largest absolute Gasteiger partial charge is 0.379 e. The summed E-state index contributed by atoms with van der Waals surface area (Å²) in [5.41, 5.74) is -0.366. The van der Waals surface area contributed by atoms with Crippen LogP contribution in [0.25, 0.3) is 0 Å². The number of methoxy groups -OCH3 is 1. The van der Waals surface area contributed by atoms with Crippen LogP contribution in [0.15, 0.2) is 0 Å². The highest BCUT2D eigenvalue weighted by Gasteiger charge is 2.21. The molecule has 0 rings (SSSR count). The Morgan fingerprint density at radius 1 is 1.11 bits per heavy atom. The van der Waals surface area contributed by atoms with Crippen LogP contribution in [0, 0.1) is 0 Å². The first-order valence-corrected chi connectivity index (χ1v) is 7.18. The van der Waals surface area contributed by atoms with Gasteiger partial charge < -0.3 is 14.8 Å². The van der Waals surface area contributed by atoms with Gasteiger partial charge >= 0.3 is 0 Å². The minimum Gasteiger partial charge on any atom is -0.379 e. The quantitative estimate of drug-likeness (QED) is 0.666. The van der Waals surface area contributed by atoms with Crippen molar-refractivity contribution in [1.82, 2.24) is 5.32 Å². The van der Waals surface area contributed by atoms with Gasteiger partial charge in [-0.25, -0.2) is 0 Å². The Hall–Kier alpha value is -0.610. The normalized spacial score (nSPS) is 12.5. The van der Waals surface area contributed by atoms with E-state index in [9.17, 15) is 4.79 Å². The molecule has 0 aromatic rings. The SMILES string of the molecule is CCCC(=O)NCCC(C)(C)OCCC(C)(C)OC. The van der Waals surface area contributed by atoms with Crippen molar-refractivity contribution in [2.45, 2.75) is 71.5 Å². The van der Waals surface area contributed by atoms with Crippen molar-refractivity contribution in [3.63, 3.8) is 0 Å². The van der Waals surface area contributed by atoms with Gasteiger partial charge in [-0.05, 0) is 47.0 Å². The van der Waals surface area contributed by atoms with E-state index in [0.717, 1.165) is 19.3 Å². The average Bonchev–Trinajstić information content (AvgIpc) is 2.28. The second kappa shape index (κ2) is 8.54. The molecule has 114 valence electrons. The molecule has 0 aromatic heterocycles. The first-order valence-electron chi connectivity index (χ1n) is 7.18. The Kier molecular flexibility index (Phi) is 8.26. The molecule has 1 N–H and O–H groups in total. The molecule has 4 nitrogen and oxygen atoms in total. The van der Waals surface area contributed by atoms with Gasteiger partial charge in [0.15, 0.2) is 0 Å². The Balaban J connectivity index is 3.83. The van der Waals surface area contributed by atoms with Gasteiger partial charge in [0.05, 0.1) is 17.8 Å². The van der Waals surface area contributed by atoms with E-state index in [2.05, 4.69) is 19.2 Å². The summed E-state index contributed by atoms with van der Waals surface area (Å²) in [5.74, 6) is 0.124. The molecule has 0 heterocycles. The van der Waals surface area contributed by atoms with Gasteiger partial charge in [-0.1, -0.05) is 6.92 Å². The Bertz CT molecular complexity index is 262. The summed E-state index contributed by atoms with van der Waals surface area (Å²) in [4.78, 5) is 11.3. The molecule has 0 fully saturated rings. The Labute approximate surface area is 118 Å². The second-order valence-corrected chi connectivity index (χ2v) is 6.17. The fourth-order valence-electron chi connectivity index (χ4n) is 1.57. The van der Waals surface area contributed by atoms with Gasteiger partial charge in [-0.2, -0.15) is 0 Å². The Morgan fingerprint density at radius 2 is 1.74 bits per heavy atom. The Morgan fingerprint density at radius 3 is 2.26 bits per heavy atom. The lowest BCUT2D eigenvalue weighted by Crippen LogP contribution is -2.34. The van der Waals surface area contributed by atoms with Crippen molar-refractivity contribution < 1.29 is 14.3 Å². The third kappa shape index (κ3) is 9.91. The summed E-state index contributed by atoms with van der Waals surface area (Å²) in [6.45, 7) is 11.5. The highest BCUT2D eigenvalue weighted by atomic mass is 16.5. The van der Waals surface area contributed by atoms with Crippen LogP contribution in [-0.2, 0) is 14.3 Å². The first kappa shape index (κ1) is 18.4. The molecule has 0 saturated carbocycles. The van der Waals surface area contributed by atoms with Crippen LogP contribution in [0.2, 0.25) is 0 Å². The smallest absolute Gasteiger partial charge is 0.219 e. The minimum atomic E-state index is -0.219. The van der Waals surface area contributed by atoms with E-state index in [1.54, 1.807) is 7.11 Å². The van der Waals surface area contributed by atoms with Crippen LogP contribution in [0.3, 0.4) is 0 Å². The molecule has 0 aliphatic carbocycles. The lowest BCUT2D eigenvalue weighted by Gasteiger charge is -2.29. The van der Waals surface area contributed by atoms with Gasteiger partial charge in [0.2, 0.25) is 5.91 Å². The molecule has 0 saturated heterocycles. The van der Waals surface area contributed by atoms with Crippen molar-refractivity contribution in [3.05, 3.63) is 0 Å².